The van der Waals surface area contributed by atoms with Crippen LogP contribution in [0.4, 0.5) is 8.78 Å². The summed E-state index contributed by atoms with van der Waals surface area (Å²) in [5.41, 5.74) is 0.745. The molecule has 0 aliphatic rings. The summed E-state index contributed by atoms with van der Waals surface area (Å²) in [5, 5.41) is 3.50. The van der Waals surface area contributed by atoms with Gasteiger partial charge in [-0.2, -0.15) is 0 Å². The molecule has 0 fully saturated rings. The highest BCUT2D eigenvalue weighted by Crippen LogP contribution is 2.37. The predicted molar refractivity (Wildman–Crippen MR) is 67.6 cm³/mol. The molecule has 0 saturated carbocycles. The largest absolute Gasteiger partial charge is 0.456 e. The lowest BCUT2D eigenvalue weighted by atomic mass is 9.84. The first kappa shape index (κ1) is 13.0. The van der Waals surface area contributed by atoms with Crippen molar-refractivity contribution in [3.8, 4) is 0 Å². The number of hydrogen-bond acceptors (Lipinski definition) is 2. The van der Waals surface area contributed by atoms with E-state index < -0.39 is 11.6 Å². The molecule has 0 unspecified atom stereocenters. The smallest absolute Gasteiger partial charge is 0.170 e. The summed E-state index contributed by atoms with van der Waals surface area (Å²) in [6, 6.07) is 2.18. The Balaban J connectivity index is 2.81. The minimum absolute atomic E-state index is 0.131. The lowest BCUT2D eigenvalue weighted by molar-refractivity contribution is 0.480. The standard InChI is InChI=1S/C14H17F2NO/c1-14(2,3)12-9-5-8(15)6-10(16)13(9)18-11(12)7-17-4/h5-6,17H,7H2,1-4H3. The molecule has 18 heavy (non-hydrogen) atoms. The second kappa shape index (κ2) is 4.35. The van der Waals surface area contributed by atoms with Crippen LogP contribution >= 0.6 is 0 Å². The first-order chi connectivity index (χ1) is 8.34. The Morgan fingerprint density at radius 1 is 1.22 bits per heavy atom. The van der Waals surface area contributed by atoms with Gasteiger partial charge in [-0.05, 0) is 18.5 Å². The van der Waals surface area contributed by atoms with E-state index in [9.17, 15) is 8.78 Å². The molecular formula is C14H17F2NO. The monoisotopic (exact) mass is 253 g/mol. The van der Waals surface area contributed by atoms with E-state index in [4.69, 9.17) is 4.42 Å². The minimum Gasteiger partial charge on any atom is -0.456 e. The van der Waals surface area contributed by atoms with Crippen LogP contribution in [0.15, 0.2) is 16.5 Å². The number of nitrogens with one attached hydrogen (secondary N) is 1. The Hall–Kier alpha value is -1.42. The Bertz CT molecular complexity index is 581. The Labute approximate surface area is 105 Å². The molecule has 98 valence electrons. The maximum atomic E-state index is 13.7. The first-order valence-corrected chi connectivity index (χ1v) is 5.90. The zero-order valence-corrected chi connectivity index (χ0v) is 11.0. The Kier molecular flexibility index (Phi) is 3.15. The average molecular weight is 253 g/mol. The molecule has 2 rings (SSSR count). The third kappa shape index (κ3) is 2.12. The lowest BCUT2D eigenvalue weighted by Crippen LogP contribution is -2.16. The van der Waals surface area contributed by atoms with Gasteiger partial charge in [0.05, 0.1) is 6.54 Å². The van der Waals surface area contributed by atoms with Crippen LogP contribution in [-0.4, -0.2) is 7.05 Å². The summed E-state index contributed by atoms with van der Waals surface area (Å²) < 4.78 is 32.6. The van der Waals surface area contributed by atoms with Gasteiger partial charge < -0.3 is 9.73 Å². The van der Waals surface area contributed by atoms with E-state index in [1.807, 2.05) is 20.8 Å². The summed E-state index contributed by atoms with van der Waals surface area (Å²) in [4.78, 5) is 0. The molecule has 1 aromatic heterocycles. The summed E-state index contributed by atoms with van der Waals surface area (Å²) in [6.07, 6.45) is 0. The molecule has 0 amide bonds. The van der Waals surface area contributed by atoms with Gasteiger partial charge in [-0.3, -0.25) is 0 Å². The topological polar surface area (TPSA) is 25.2 Å². The Morgan fingerprint density at radius 3 is 2.44 bits per heavy atom. The summed E-state index contributed by atoms with van der Waals surface area (Å²) in [7, 11) is 1.79. The molecule has 1 heterocycles. The molecule has 0 bridgehead atoms. The number of halogens is 2. The SMILES string of the molecule is CNCc1oc2c(F)cc(F)cc2c1C(C)(C)C. The molecular weight excluding hydrogens is 236 g/mol. The summed E-state index contributed by atoms with van der Waals surface area (Å²) in [6.45, 7) is 6.49. The van der Waals surface area contributed by atoms with Gasteiger partial charge in [-0.25, -0.2) is 8.78 Å². The molecule has 0 atom stereocenters. The number of hydrogen-bond donors (Lipinski definition) is 1. The Morgan fingerprint density at radius 2 is 1.89 bits per heavy atom. The fraction of sp³-hybridized carbons (Fsp3) is 0.429. The second-order valence-electron chi connectivity index (χ2n) is 5.44. The van der Waals surface area contributed by atoms with Crippen LogP contribution in [0.3, 0.4) is 0 Å². The zero-order valence-electron chi connectivity index (χ0n) is 11.0. The van der Waals surface area contributed by atoms with E-state index >= 15 is 0 Å². The van der Waals surface area contributed by atoms with E-state index in [1.165, 1.54) is 6.07 Å². The second-order valence-corrected chi connectivity index (χ2v) is 5.44. The highest BCUT2D eigenvalue weighted by atomic mass is 19.1. The van der Waals surface area contributed by atoms with E-state index in [1.54, 1.807) is 7.05 Å². The molecule has 0 aliphatic heterocycles. The van der Waals surface area contributed by atoms with Crippen molar-refractivity contribution in [2.24, 2.45) is 0 Å². The molecule has 0 radical (unpaired) electrons. The van der Waals surface area contributed by atoms with Gasteiger partial charge in [0, 0.05) is 17.0 Å². The quantitative estimate of drug-likeness (QED) is 0.882. The van der Waals surface area contributed by atoms with E-state index in [0.717, 1.165) is 11.6 Å². The first-order valence-electron chi connectivity index (χ1n) is 5.90. The van der Waals surface area contributed by atoms with Gasteiger partial charge in [0.2, 0.25) is 0 Å². The maximum Gasteiger partial charge on any atom is 0.170 e. The van der Waals surface area contributed by atoms with E-state index in [-0.39, 0.29) is 11.0 Å². The summed E-state index contributed by atoms with van der Waals surface area (Å²) >= 11 is 0. The van der Waals surface area contributed by atoms with Crippen molar-refractivity contribution in [2.45, 2.75) is 32.7 Å². The minimum atomic E-state index is -0.655. The van der Waals surface area contributed by atoms with Gasteiger partial charge >= 0.3 is 0 Å². The molecule has 4 heteroatoms. The lowest BCUT2D eigenvalue weighted by Gasteiger charge is -2.19. The van der Waals surface area contributed by atoms with Gasteiger partial charge in [-0.15, -0.1) is 0 Å². The molecule has 2 aromatic rings. The van der Waals surface area contributed by atoms with Crippen molar-refractivity contribution in [1.82, 2.24) is 5.32 Å². The van der Waals surface area contributed by atoms with Crippen molar-refractivity contribution in [1.29, 1.82) is 0 Å². The van der Waals surface area contributed by atoms with Crippen LogP contribution in [-0.2, 0) is 12.0 Å². The number of benzene rings is 1. The third-order valence-corrected chi connectivity index (χ3v) is 2.87. The normalized spacial score (nSPS) is 12.3. The van der Waals surface area contributed by atoms with Crippen molar-refractivity contribution >= 4 is 11.0 Å². The van der Waals surface area contributed by atoms with Crippen LogP contribution in [0.2, 0.25) is 0 Å². The predicted octanol–water partition coefficient (Wildman–Crippen LogP) is 3.73. The molecule has 1 aromatic carbocycles. The van der Waals surface area contributed by atoms with Gasteiger partial charge in [0.15, 0.2) is 11.4 Å². The highest BCUT2D eigenvalue weighted by molar-refractivity contribution is 5.84. The molecule has 0 aliphatic carbocycles. The summed E-state index contributed by atoms with van der Waals surface area (Å²) in [5.74, 6) is -0.579. The van der Waals surface area contributed by atoms with Crippen LogP contribution < -0.4 is 5.32 Å². The third-order valence-electron chi connectivity index (χ3n) is 2.87. The molecule has 0 saturated heterocycles. The van der Waals surface area contributed by atoms with E-state index in [2.05, 4.69) is 5.32 Å². The van der Waals surface area contributed by atoms with Crippen molar-refractivity contribution in [2.75, 3.05) is 7.05 Å². The van der Waals surface area contributed by atoms with Crippen LogP contribution in [0, 0.1) is 11.6 Å². The van der Waals surface area contributed by atoms with Crippen molar-refractivity contribution in [3.63, 3.8) is 0 Å². The van der Waals surface area contributed by atoms with Gasteiger partial charge in [-0.1, -0.05) is 20.8 Å². The van der Waals surface area contributed by atoms with Gasteiger partial charge in [0.1, 0.15) is 11.6 Å². The number of rotatable bonds is 2. The zero-order chi connectivity index (χ0) is 13.5. The van der Waals surface area contributed by atoms with Crippen molar-refractivity contribution in [3.05, 3.63) is 35.1 Å². The number of furan rings is 1. The molecule has 2 nitrogen and oxygen atoms in total. The van der Waals surface area contributed by atoms with Crippen molar-refractivity contribution < 1.29 is 13.2 Å². The molecule has 0 spiro atoms. The fourth-order valence-corrected chi connectivity index (χ4v) is 2.28. The maximum absolute atomic E-state index is 13.7. The van der Waals surface area contributed by atoms with Gasteiger partial charge in [0.25, 0.3) is 0 Å². The van der Waals surface area contributed by atoms with Crippen LogP contribution in [0.5, 0.6) is 0 Å². The number of fused-ring (bicyclic) bond motifs is 1. The van der Waals surface area contributed by atoms with E-state index in [0.29, 0.717) is 17.7 Å². The highest BCUT2D eigenvalue weighted by Gasteiger charge is 2.26. The average Bonchev–Trinajstić information content (AvgIpc) is 2.56. The van der Waals surface area contributed by atoms with Crippen LogP contribution in [0.1, 0.15) is 32.1 Å². The molecule has 1 N–H and O–H groups in total. The fourth-order valence-electron chi connectivity index (χ4n) is 2.28. The van der Waals surface area contributed by atoms with Crippen LogP contribution in [0.25, 0.3) is 11.0 Å².